The van der Waals surface area contributed by atoms with Crippen LogP contribution < -0.4 is 21.2 Å². The molecule has 0 saturated heterocycles. The molecule has 0 bridgehead atoms. The minimum absolute atomic E-state index is 0.606. The summed E-state index contributed by atoms with van der Waals surface area (Å²) in [7, 11) is 0. The van der Waals surface area contributed by atoms with Gasteiger partial charge in [-0.1, -0.05) is 0 Å². The fourth-order valence-electron chi connectivity index (χ4n) is 3.85. The van der Waals surface area contributed by atoms with Gasteiger partial charge in [-0.2, -0.15) is 0 Å². The Morgan fingerprint density at radius 2 is 0.929 bits per heavy atom. The molecule has 0 saturated carbocycles. The van der Waals surface area contributed by atoms with Crippen molar-refractivity contribution in [1.29, 1.82) is 5.26 Å². The van der Waals surface area contributed by atoms with E-state index in [0.29, 0.717) is 5.56 Å². The molecule has 0 aromatic heterocycles. The molecule has 1 nitrogen and oxygen atoms in total. The first-order valence-electron chi connectivity index (χ1n) is 9.09. The standard InChI is InChI=1S/C25H19ClNP/c26-28(22-12-4-1-5-13-22,23-14-6-2-7-15-23,24-16-8-3-9-17-24)25-18-10-11-21(19-25)20-27/h1-19H. The fraction of sp³-hybridized carbons (Fsp3) is 0. The summed E-state index contributed by atoms with van der Waals surface area (Å²) in [5.74, 6) is -3.55. The molecule has 0 aliphatic carbocycles. The van der Waals surface area contributed by atoms with Crippen LogP contribution in [-0.2, 0) is 0 Å². The van der Waals surface area contributed by atoms with Crippen LogP contribution in [0.25, 0.3) is 0 Å². The molecular weight excluding hydrogens is 381 g/mol. The van der Waals surface area contributed by atoms with E-state index in [1.807, 2.05) is 72.8 Å². The number of rotatable bonds is 4. The maximum absolute atomic E-state index is 9.54. The van der Waals surface area contributed by atoms with Crippen LogP contribution in [-0.4, -0.2) is 0 Å². The molecule has 28 heavy (non-hydrogen) atoms. The molecule has 0 aliphatic rings. The number of nitriles is 1. The second-order valence-corrected chi connectivity index (χ2v) is 12.8. The van der Waals surface area contributed by atoms with Gasteiger partial charge in [0.15, 0.2) is 0 Å². The van der Waals surface area contributed by atoms with E-state index in [1.54, 1.807) is 0 Å². The van der Waals surface area contributed by atoms with E-state index in [9.17, 15) is 5.26 Å². The third kappa shape index (κ3) is 2.66. The Morgan fingerprint density at radius 3 is 1.32 bits per heavy atom. The predicted octanol–water partition coefficient (Wildman–Crippen LogP) is 4.87. The van der Waals surface area contributed by atoms with Gasteiger partial charge < -0.3 is 0 Å². The second kappa shape index (κ2) is 7.25. The van der Waals surface area contributed by atoms with Crippen molar-refractivity contribution in [3.8, 4) is 6.07 Å². The van der Waals surface area contributed by atoms with Crippen LogP contribution in [0.15, 0.2) is 115 Å². The molecule has 4 aromatic rings. The van der Waals surface area contributed by atoms with Crippen LogP contribution in [0, 0.1) is 11.3 Å². The summed E-state index contributed by atoms with van der Waals surface area (Å²) in [6.45, 7) is 0. The van der Waals surface area contributed by atoms with E-state index in [1.165, 1.54) is 0 Å². The Labute approximate surface area is 170 Å². The Kier molecular flexibility index (Phi) is 4.78. The van der Waals surface area contributed by atoms with Gasteiger partial charge in [0, 0.05) is 0 Å². The average molecular weight is 400 g/mol. The summed E-state index contributed by atoms with van der Waals surface area (Å²) in [6.07, 6.45) is 0. The molecule has 0 heterocycles. The van der Waals surface area contributed by atoms with Crippen molar-refractivity contribution < 1.29 is 0 Å². The van der Waals surface area contributed by atoms with Crippen LogP contribution >= 0.6 is 17.2 Å². The summed E-state index contributed by atoms with van der Waals surface area (Å²) in [4.78, 5) is 0. The van der Waals surface area contributed by atoms with Crippen molar-refractivity contribution in [3.05, 3.63) is 121 Å². The molecule has 0 atom stereocenters. The number of halogens is 1. The van der Waals surface area contributed by atoms with E-state index in [-0.39, 0.29) is 0 Å². The predicted molar refractivity (Wildman–Crippen MR) is 122 cm³/mol. The Hall–Kier alpha value is -2.91. The first-order valence-corrected chi connectivity index (χ1v) is 12.2. The zero-order valence-corrected chi connectivity index (χ0v) is 16.9. The van der Waals surface area contributed by atoms with Crippen molar-refractivity contribution in [2.24, 2.45) is 0 Å². The van der Waals surface area contributed by atoms with E-state index < -0.39 is 5.96 Å². The Bertz CT molecular complexity index is 1040. The van der Waals surface area contributed by atoms with Crippen LogP contribution in [0.1, 0.15) is 5.56 Å². The van der Waals surface area contributed by atoms with Gasteiger partial charge in [-0.25, -0.2) is 0 Å². The molecule has 0 radical (unpaired) electrons. The maximum atomic E-state index is 9.54. The third-order valence-electron chi connectivity index (χ3n) is 5.18. The summed E-state index contributed by atoms with van der Waals surface area (Å²) < 4.78 is 0. The number of hydrogen-bond acceptors (Lipinski definition) is 1. The van der Waals surface area contributed by atoms with Crippen LogP contribution in [0.4, 0.5) is 0 Å². The van der Waals surface area contributed by atoms with Gasteiger partial charge in [-0.15, -0.1) is 0 Å². The van der Waals surface area contributed by atoms with Gasteiger partial charge in [0.05, 0.1) is 0 Å². The topological polar surface area (TPSA) is 23.8 Å². The quantitative estimate of drug-likeness (QED) is 0.449. The molecule has 0 unspecified atom stereocenters. The minimum atomic E-state index is -3.55. The van der Waals surface area contributed by atoms with Gasteiger partial charge in [0.25, 0.3) is 0 Å². The van der Waals surface area contributed by atoms with Crippen LogP contribution in [0.5, 0.6) is 0 Å². The van der Waals surface area contributed by atoms with Gasteiger partial charge in [-0.3, -0.25) is 0 Å². The molecule has 0 fully saturated rings. The van der Waals surface area contributed by atoms with Crippen molar-refractivity contribution in [2.75, 3.05) is 0 Å². The number of nitrogens with zero attached hydrogens (tertiary/aromatic N) is 1. The van der Waals surface area contributed by atoms with Crippen LogP contribution in [0.2, 0.25) is 0 Å². The van der Waals surface area contributed by atoms with E-state index in [0.717, 1.165) is 21.2 Å². The normalized spacial score (nSPS) is 12.5. The molecule has 3 heteroatoms. The molecule has 4 rings (SSSR count). The molecule has 0 aliphatic heterocycles. The molecular formula is C25H19ClNP. The number of hydrogen-bond donors (Lipinski definition) is 0. The van der Waals surface area contributed by atoms with Crippen molar-refractivity contribution in [1.82, 2.24) is 0 Å². The molecule has 0 amide bonds. The Balaban J connectivity index is 2.24. The summed E-state index contributed by atoms with van der Waals surface area (Å²) >= 11 is 8.05. The second-order valence-electron chi connectivity index (χ2n) is 6.68. The van der Waals surface area contributed by atoms with Crippen molar-refractivity contribution in [3.63, 3.8) is 0 Å². The first-order chi connectivity index (χ1) is 13.7. The van der Waals surface area contributed by atoms with E-state index in [4.69, 9.17) is 11.2 Å². The van der Waals surface area contributed by atoms with E-state index in [2.05, 4.69) is 48.5 Å². The SMILES string of the molecule is N#Cc1cccc(P(Cl)(c2ccccc2)(c2ccccc2)c2ccccc2)c1. The van der Waals surface area contributed by atoms with Crippen molar-refractivity contribution in [2.45, 2.75) is 0 Å². The molecule has 0 N–H and O–H groups in total. The van der Waals surface area contributed by atoms with Crippen molar-refractivity contribution >= 4 is 38.4 Å². The van der Waals surface area contributed by atoms with E-state index >= 15 is 0 Å². The fourth-order valence-corrected chi connectivity index (χ4v) is 9.92. The van der Waals surface area contributed by atoms with Gasteiger partial charge in [0.2, 0.25) is 0 Å². The molecule has 4 aromatic carbocycles. The number of benzene rings is 4. The van der Waals surface area contributed by atoms with Gasteiger partial charge >= 0.3 is 171 Å². The zero-order chi connectivity index (χ0) is 19.5. The first kappa shape index (κ1) is 18.5. The Morgan fingerprint density at radius 1 is 0.536 bits per heavy atom. The van der Waals surface area contributed by atoms with Gasteiger partial charge in [0.1, 0.15) is 0 Å². The van der Waals surface area contributed by atoms with Gasteiger partial charge in [-0.05, 0) is 0 Å². The zero-order valence-electron chi connectivity index (χ0n) is 15.2. The average Bonchev–Trinajstić information content (AvgIpc) is 2.80. The monoisotopic (exact) mass is 399 g/mol. The summed E-state index contributed by atoms with van der Waals surface area (Å²) in [5.41, 5.74) is 0.606. The van der Waals surface area contributed by atoms with Crippen LogP contribution in [0.3, 0.4) is 0 Å². The molecule has 136 valence electrons. The summed E-state index contributed by atoms with van der Waals surface area (Å²) in [6, 6.07) is 40.8. The third-order valence-corrected chi connectivity index (χ3v) is 12.6. The summed E-state index contributed by atoms with van der Waals surface area (Å²) in [5, 5.41) is 13.7. The molecule has 0 spiro atoms.